The topological polar surface area (TPSA) is 46.9 Å². The number of carbonyl (C=O) groups is 1. The normalized spacial score (nSPS) is 19.5. The van der Waals surface area contributed by atoms with E-state index >= 15 is 0 Å². The SMILES string of the molecule is CC(=O)N[C@H]1CC(C)(C)Cc2c1cnn2-c1cccc(F)c1. The predicted octanol–water partition coefficient (Wildman–Crippen LogP) is 3.16. The minimum atomic E-state index is -0.282. The average molecular weight is 301 g/mol. The molecule has 5 heteroatoms. The number of aromatic nitrogens is 2. The standard InChI is InChI=1S/C17H20FN3O/c1-11(22)20-15-8-17(2,3)9-16-14(15)10-19-21(16)13-6-4-5-12(18)7-13/h4-7,10,15H,8-9H2,1-3H3,(H,20,22)/t15-/m0/s1. The number of carbonyl (C=O) groups excluding carboxylic acids is 1. The van der Waals surface area contributed by atoms with Gasteiger partial charge in [-0.1, -0.05) is 19.9 Å². The molecule has 1 amide bonds. The lowest BCUT2D eigenvalue weighted by Crippen LogP contribution is -2.35. The maximum atomic E-state index is 13.5. The minimum absolute atomic E-state index is 0.0430. The van der Waals surface area contributed by atoms with Crippen molar-refractivity contribution in [1.82, 2.24) is 15.1 Å². The first-order valence-corrected chi connectivity index (χ1v) is 7.45. The molecule has 1 aromatic carbocycles. The number of halogens is 1. The molecular formula is C17H20FN3O. The maximum absolute atomic E-state index is 13.5. The van der Waals surface area contributed by atoms with Gasteiger partial charge in [-0.05, 0) is 36.5 Å². The highest BCUT2D eigenvalue weighted by Gasteiger charge is 2.35. The maximum Gasteiger partial charge on any atom is 0.217 e. The van der Waals surface area contributed by atoms with Crippen molar-refractivity contribution >= 4 is 5.91 Å². The molecule has 0 radical (unpaired) electrons. The molecule has 1 aliphatic carbocycles. The van der Waals surface area contributed by atoms with Gasteiger partial charge < -0.3 is 5.32 Å². The van der Waals surface area contributed by atoms with Crippen LogP contribution >= 0.6 is 0 Å². The molecule has 116 valence electrons. The molecule has 3 rings (SSSR count). The van der Waals surface area contributed by atoms with Crippen molar-refractivity contribution < 1.29 is 9.18 Å². The van der Waals surface area contributed by atoms with Gasteiger partial charge in [0.2, 0.25) is 5.91 Å². The third-order valence-corrected chi connectivity index (χ3v) is 4.11. The Kier molecular flexibility index (Phi) is 3.51. The molecule has 1 heterocycles. The summed E-state index contributed by atoms with van der Waals surface area (Å²) < 4.78 is 15.3. The number of benzene rings is 1. The van der Waals surface area contributed by atoms with Crippen LogP contribution in [0, 0.1) is 11.2 Å². The van der Waals surface area contributed by atoms with Crippen LogP contribution in [-0.2, 0) is 11.2 Å². The summed E-state index contributed by atoms with van der Waals surface area (Å²) in [5.74, 6) is -0.331. The molecule has 0 spiro atoms. The third kappa shape index (κ3) is 2.75. The van der Waals surface area contributed by atoms with Gasteiger partial charge in [-0.2, -0.15) is 5.10 Å². The van der Waals surface area contributed by atoms with E-state index in [0.29, 0.717) is 5.69 Å². The van der Waals surface area contributed by atoms with Crippen molar-refractivity contribution in [3.63, 3.8) is 0 Å². The van der Waals surface area contributed by atoms with Crippen LogP contribution in [0.4, 0.5) is 4.39 Å². The summed E-state index contributed by atoms with van der Waals surface area (Å²) in [5.41, 5.74) is 2.82. The van der Waals surface area contributed by atoms with E-state index in [0.717, 1.165) is 24.1 Å². The molecule has 1 aromatic heterocycles. The molecule has 0 saturated carbocycles. The lowest BCUT2D eigenvalue weighted by atomic mass is 9.74. The van der Waals surface area contributed by atoms with Crippen LogP contribution in [0.3, 0.4) is 0 Å². The molecule has 1 N–H and O–H groups in total. The summed E-state index contributed by atoms with van der Waals surface area (Å²) in [7, 11) is 0. The minimum Gasteiger partial charge on any atom is -0.349 e. The number of nitrogens with one attached hydrogen (secondary N) is 1. The van der Waals surface area contributed by atoms with Crippen molar-refractivity contribution in [3.05, 3.63) is 47.5 Å². The molecule has 0 unspecified atom stereocenters. The Bertz CT molecular complexity index is 720. The summed E-state index contributed by atoms with van der Waals surface area (Å²) in [6, 6.07) is 6.37. The smallest absolute Gasteiger partial charge is 0.217 e. The lowest BCUT2D eigenvalue weighted by molar-refractivity contribution is -0.120. The molecule has 1 aliphatic rings. The van der Waals surface area contributed by atoms with Gasteiger partial charge in [0.25, 0.3) is 0 Å². The van der Waals surface area contributed by atoms with Gasteiger partial charge in [0.05, 0.1) is 23.6 Å². The summed E-state index contributed by atoms with van der Waals surface area (Å²) >= 11 is 0. The Morgan fingerprint density at radius 2 is 2.23 bits per heavy atom. The predicted molar refractivity (Wildman–Crippen MR) is 82.2 cm³/mol. The molecule has 0 saturated heterocycles. The average Bonchev–Trinajstić information content (AvgIpc) is 2.80. The molecule has 2 aromatic rings. The molecular weight excluding hydrogens is 281 g/mol. The summed E-state index contributed by atoms with van der Waals surface area (Å²) in [6.45, 7) is 5.87. The van der Waals surface area contributed by atoms with Crippen molar-refractivity contribution in [2.75, 3.05) is 0 Å². The summed E-state index contributed by atoms with van der Waals surface area (Å²) in [5, 5.41) is 7.43. The first-order valence-electron chi connectivity index (χ1n) is 7.45. The quantitative estimate of drug-likeness (QED) is 0.926. The van der Waals surface area contributed by atoms with Crippen LogP contribution < -0.4 is 5.32 Å². The van der Waals surface area contributed by atoms with Crippen molar-refractivity contribution in [3.8, 4) is 5.69 Å². The van der Waals surface area contributed by atoms with E-state index in [1.54, 1.807) is 16.9 Å². The second kappa shape index (κ2) is 5.23. The highest BCUT2D eigenvalue weighted by Crippen LogP contribution is 2.41. The number of nitrogens with zero attached hydrogens (tertiary/aromatic N) is 2. The molecule has 0 fully saturated rings. The van der Waals surface area contributed by atoms with E-state index in [9.17, 15) is 9.18 Å². The third-order valence-electron chi connectivity index (χ3n) is 4.11. The number of amides is 1. The van der Waals surface area contributed by atoms with E-state index in [1.165, 1.54) is 19.1 Å². The van der Waals surface area contributed by atoms with E-state index in [1.807, 2.05) is 6.07 Å². The van der Waals surface area contributed by atoms with Crippen molar-refractivity contribution in [2.45, 2.75) is 39.7 Å². The first-order chi connectivity index (χ1) is 10.4. The fourth-order valence-corrected chi connectivity index (χ4v) is 3.25. The summed E-state index contributed by atoms with van der Waals surface area (Å²) in [4.78, 5) is 11.5. The number of fused-ring (bicyclic) bond motifs is 1. The highest BCUT2D eigenvalue weighted by molar-refractivity contribution is 5.73. The van der Waals surface area contributed by atoms with Gasteiger partial charge in [-0.25, -0.2) is 9.07 Å². The Balaban J connectivity index is 2.07. The van der Waals surface area contributed by atoms with Crippen LogP contribution in [-0.4, -0.2) is 15.7 Å². The van der Waals surface area contributed by atoms with Crippen LogP contribution in [0.5, 0.6) is 0 Å². The van der Waals surface area contributed by atoms with Gasteiger partial charge >= 0.3 is 0 Å². The van der Waals surface area contributed by atoms with Crippen LogP contribution in [0.15, 0.2) is 30.5 Å². The zero-order chi connectivity index (χ0) is 15.9. The Morgan fingerprint density at radius 3 is 2.91 bits per heavy atom. The molecule has 1 atom stereocenters. The fraction of sp³-hybridized carbons (Fsp3) is 0.412. The first kappa shape index (κ1) is 14.8. The van der Waals surface area contributed by atoms with Gasteiger partial charge in [-0.15, -0.1) is 0 Å². The number of hydrogen-bond donors (Lipinski definition) is 1. The number of hydrogen-bond acceptors (Lipinski definition) is 2. The molecule has 0 bridgehead atoms. The molecule has 22 heavy (non-hydrogen) atoms. The van der Waals surface area contributed by atoms with Crippen molar-refractivity contribution in [1.29, 1.82) is 0 Å². The van der Waals surface area contributed by atoms with Gasteiger partial charge in [-0.3, -0.25) is 4.79 Å². The van der Waals surface area contributed by atoms with Gasteiger partial charge in [0, 0.05) is 12.5 Å². The largest absolute Gasteiger partial charge is 0.349 e. The van der Waals surface area contributed by atoms with Gasteiger partial charge in [0.1, 0.15) is 5.82 Å². The lowest BCUT2D eigenvalue weighted by Gasteiger charge is -2.35. The van der Waals surface area contributed by atoms with E-state index in [4.69, 9.17) is 0 Å². The second-order valence-electron chi connectivity index (χ2n) is 6.74. The zero-order valence-electron chi connectivity index (χ0n) is 13.1. The van der Waals surface area contributed by atoms with E-state index in [-0.39, 0.29) is 23.2 Å². The Labute approximate surface area is 129 Å². The van der Waals surface area contributed by atoms with E-state index < -0.39 is 0 Å². The Hall–Kier alpha value is -2.17. The Morgan fingerprint density at radius 1 is 1.45 bits per heavy atom. The van der Waals surface area contributed by atoms with Crippen molar-refractivity contribution in [2.24, 2.45) is 5.41 Å². The van der Waals surface area contributed by atoms with Gasteiger partial charge in [0.15, 0.2) is 0 Å². The molecule has 4 nitrogen and oxygen atoms in total. The highest BCUT2D eigenvalue weighted by atomic mass is 19.1. The fourth-order valence-electron chi connectivity index (χ4n) is 3.25. The van der Waals surface area contributed by atoms with Crippen LogP contribution in [0.1, 0.15) is 44.5 Å². The zero-order valence-corrected chi connectivity index (χ0v) is 13.1. The molecule has 0 aliphatic heterocycles. The number of rotatable bonds is 2. The van der Waals surface area contributed by atoms with Crippen LogP contribution in [0.2, 0.25) is 0 Å². The summed E-state index contributed by atoms with van der Waals surface area (Å²) in [6.07, 6.45) is 3.50. The monoisotopic (exact) mass is 301 g/mol. The van der Waals surface area contributed by atoms with E-state index in [2.05, 4.69) is 24.3 Å². The second-order valence-corrected chi connectivity index (χ2v) is 6.74. The van der Waals surface area contributed by atoms with Crippen LogP contribution in [0.25, 0.3) is 5.69 Å².